The first-order valence-electron chi connectivity index (χ1n) is 7.01. The van der Waals surface area contributed by atoms with Gasteiger partial charge in [-0.2, -0.15) is 0 Å². The summed E-state index contributed by atoms with van der Waals surface area (Å²) >= 11 is 0. The van der Waals surface area contributed by atoms with Crippen LogP contribution in [0.3, 0.4) is 0 Å². The quantitative estimate of drug-likeness (QED) is 0.778. The Labute approximate surface area is 122 Å². The van der Waals surface area contributed by atoms with Gasteiger partial charge in [-0.05, 0) is 37.1 Å². The molecule has 21 heavy (non-hydrogen) atoms. The Morgan fingerprint density at radius 1 is 0.952 bits per heavy atom. The third kappa shape index (κ3) is 3.45. The molecule has 0 heterocycles. The summed E-state index contributed by atoms with van der Waals surface area (Å²) in [6, 6.07) is 8.68. The largest absolute Gasteiger partial charge is 0.310 e. The summed E-state index contributed by atoms with van der Waals surface area (Å²) in [5.74, 6) is -2.98. The number of hydrogen-bond donors (Lipinski definition) is 1. The van der Waals surface area contributed by atoms with Crippen LogP contribution in [0.25, 0.3) is 11.1 Å². The molecule has 0 amide bonds. The van der Waals surface area contributed by atoms with Crippen LogP contribution in [0.5, 0.6) is 0 Å². The third-order valence-electron chi connectivity index (χ3n) is 3.43. The van der Waals surface area contributed by atoms with Crippen LogP contribution in [0.15, 0.2) is 36.4 Å². The lowest BCUT2D eigenvalue weighted by Gasteiger charge is -2.18. The second-order valence-electron chi connectivity index (χ2n) is 5.01. The predicted molar refractivity (Wildman–Crippen MR) is 78.5 cm³/mol. The summed E-state index contributed by atoms with van der Waals surface area (Å²) in [4.78, 5) is 0. The van der Waals surface area contributed by atoms with E-state index in [0.29, 0.717) is 11.6 Å². The van der Waals surface area contributed by atoms with E-state index in [1.54, 1.807) is 12.1 Å². The summed E-state index contributed by atoms with van der Waals surface area (Å²) in [5, 5.41) is 3.31. The van der Waals surface area contributed by atoms with E-state index in [0.717, 1.165) is 24.6 Å². The Kier molecular flexibility index (Phi) is 5.02. The lowest BCUT2D eigenvalue weighted by molar-refractivity contribution is 0.496. The number of hydrogen-bond acceptors (Lipinski definition) is 1. The average molecular weight is 293 g/mol. The number of halogens is 3. The summed E-state index contributed by atoms with van der Waals surface area (Å²) in [6.07, 6.45) is 0.978. The van der Waals surface area contributed by atoms with Crippen molar-refractivity contribution >= 4 is 0 Å². The van der Waals surface area contributed by atoms with E-state index in [4.69, 9.17) is 0 Å². The van der Waals surface area contributed by atoms with Crippen molar-refractivity contribution in [3.05, 3.63) is 59.4 Å². The molecule has 0 aromatic heterocycles. The zero-order chi connectivity index (χ0) is 15.4. The fourth-order valence-electron chi connectivity index (χ4n) is 2.32. The zero-order valence-electron chi connectivity index (χ0n) is 12.1. The molecule has 0 bridgehead atoms. The molecular formula is C17H18F3N. The first-order chi connectivity index (χ1) is 10.0. The first kappa shape index (κ1) is 15.6. The van der Waals surface area contributed by atoms with E-state index in [9.17, 15) is 13.2 Å². The van der Waals surface area contributed by atoms with Crippen LogP contribution < -0.4 is 5.32 Å². The van der Waals surface area contributed by atoms with Gasteiger partial charge in [-0.3, -0.25) is 0 Å². The molecule has 2 rings (SSSR count). The summed E-state index contributed by atoms with van der Waals surface area (Å²) < 4.78 is 40.5. The van der Waals surface area contributed by atoms with Gasteiger partial charge in [0.15, 0.2) is 11.6 Å². The summed E-state index contributed by atoms with van der Waals surface area (Å²) in [5.41, 5.74) is 1.51. The van der Waals surface area contributed by atoms with Crippen molar-refractivity contribution < 1.29 is 13.2 Å². The smallest absolute Gasteiger partial charge is 0.161 e. The highest BCUT2D eigenvalue weighted by atomic mass is 19.2. The van der Waals surface area contributed by atoms with Crippen molar-refractivity contribution in [3.8, 4) is 11.1 Å². The van der Waals surface area contributed by atoms with Gasteiger partial charge in [0.2, 0.25) is 0 Å². The molecule has 4 heteroatoms. The monoisotopic (exact) mass is 293 g/mol. The van der Waals surface area contributed by atoms with Gasteiger partial charge in [-0.15, -0.1) is 0 Å². The first-order valence-corrected chi connectivity index (χ1v) is 7.01. The SMILES string of the molecule is CCCNC(C)c1ccccc1-c1cc(F)c(F)cc1F. The lowest BCUT2D eigenvalue weighted by atomic mass is 9.95. The topological polar surface area (TPSA) is 12.0 Å². The summed E-state index contributed by atoms with van der Waals surface area (Å²) in [7, 11) is 0. The van der Waals surface area contributed by atoms with Crippen molar-refractivity contribution in [2.45, 2.75) is 26.3 Å². The van der Waals surface area contributed by atoms with E-state index >= 15 is 0 Å². The zero-order valence-corrected chi connectivity index (χ0v) is 12.1. The van der Waals surface area contributed by atoms with Crippen molar-refractivity contribution in [2.75, 3.05) is 6.54 Å². The molecule has 1 nitrogen and oxygen atoms in total. The Morgan fingerprint density at radius 3 is 2.33 bits per heavy atom. The molecule has 0 aliphatic carbocycles. The summed E-state index contributed by atoms with van der Waals surface area (Å²) in [6.45, 7) is 4.85. The van der Waals surface area contributed by atoms with Crippen LogP contribution in [0.4, 0.5) is 13.2 Å². The molecule has 1 N–H and O–H groups in total. The average Bonchev–Trinajstić information content (AvgIpc) is 2.48. The molecule has 0 aliphatic heterocycles. The highest BCUT2D eigenvalue weighted by Gasteiger charge is 2.16. The highest BCUT2D eigenvalue weighted by molar-refractivity contribution is 5.68. The van der Waals surface area contributed by atoms with E-state index in [2.05, 4.69) is 12.2 Å². The van der Waals surface area contributed by atoms with Crippen molar-refractivity contribution in [3.63, 3.8) is 0 Å². The van der Waals surface area contributed by atoms with Crippen LogP contribution in [0, 0.1) is 17.5 Å². The fourth-order valence-corrected chi connectivity index (χ4v) is 2.32. The molecule has 1 atom stereocenters. The Morgan fingerprint density at radius 2 is 1.62 bits per heavy atom. The Balaban J connectivity index is 2.47. The lowest BCUT2D eigenvalue weighted by Crippen LogP contribution is -2.20. The molecule has 2 aromatic rings. The van der Waals surface area contributed by atoms with Crippen LogP contribution in [0.1, 0.15) is 31.9 Å². The molecule has 0 fully saturated rings. The number of benzene rings is 2. The van der Waals surface area contributed by atoms with Gasteiger partial charge < -0.3 is 5.32 Å². The molecule has 0 radical (unpaired) electrons. The molecule has 112 valence electrons. The van der Waals surface area contributed by atoms with Crippen LogP contribution in [0.2, 0.25) is 0 Å². The van der Waals surface area contributed by atoms with E-state index in [1.165, 1.54) is 0 Å². The van der Waals surface area contributed by atoms with Gasteiger partial charge in [0.25, 0.3) is 0 Å². The van der Waals surface area contributed by atoms with Crippen molar-refractivity contribution in [1.82, 2.24) is 5.32 Å². The predicted octanol–water partition coefficient (Wildman–Crippen LogP) is 4.83. The second-order valence-corrected chi connectivity index (χ2v) is 5.01. The minimum absolute atomic E-state index is 0.00587. The molecule has 0 saturated carbocycles. The normalized spacial score (nSPS) is 12.4. The number of rotatable bonds is 5. The second kappa shape index (κ2) is 6.76. The maximum absolute atomic E-state index is 14.0. The van der Waals surface area contributed by atoms with Gasteiger partial charge in [0.05, 0.1) is 0 Å². The maximum Gasteiger partial charge on any atom is 0.161 e. The number of nitrogens with one attached hydrogen (secondary N) is 1. The molecule has 0 spiro atoms. The fraction of sp³-hybridized carbons (Fsp3) is 0.294. The molecular weight excluding hydrogens is 275 g/mol. The minimum Gasteiger partial charge on any atom is -0.310 e. The van der Waals surface area contributed by atoms with Crippen LogP contribution >= 0.6 is 0 Å². The Bertz CT molecular complexity index is 625. The van der Waals surface area contributed by atoms with Crippen molar-refractivity contribution in [1.29, 1.82) is 0 Å². The van der Waals surface area contributed by atoms with Gasteiger partial charge in [-0.1, -0.05) is 31.2 Å². The molecule has 2 aromatic carbocycles. The minimum atomic E-state index is -1.18. The van der Waals surface area contributed by atoms with E-state index in [1.807, 2.05) is 19.1 Å². The highest BCUT2D eigenvalue weighted by Crippen LogP contribution is 2.31. The molecule has 1 unspecified atom stereocenters. The third-order valence-corrected chi connectivity index (χ3v) is 3.43. The van der Waals surface area contributed by atoms with Crippen molar-refractivity contribution in [2.24, 2.45) is 0 Å². The standard InChI is InChI=1S/C17H18F3N/c1-3-8-21-11(2)12-6-4-5-7-13(12)14-9-16(19)17(20)10-15(14)18/h4-7,9-11,21H,3,8H2,1-2H3. The van der Waals surface area contributed by atoms with Gasteiger partial charge in [0, 0.05) is 17.7 Å². The van der Waals surface area contributed by atoms with Crippen LogP contribution in [-0.2, 0) is 0 Å². The van der Waals surface area contributed by atoms with E-state index in [-0.39, 0.29) is 11.6 Å². The van der Waals surface area contributed by atoms with Gasteiger partial charge in [-0.25, -0.2) is 13.2 Å². The Hall–Kier alpha value is -1.81. The molecule has 0 saturated heterocycles. The molecule has 0 aliphatic rings. The maximum atomic E-state index is 14.0. The van der Waals surface area contributed by atoms with E-state index < -0.39 is 17.5 Å². The van der Waals surface area contributed by atoms with Crippen LogP contribution in [-0.4, -0.2) is 6.54 Å². The van der Waals surface area contributed by atoms with Gasteiger partial charge >= 0.3 is 0 Å². The van der Waals surface area contributed by atoms with Gasteiger partial charge in [0.1, 0.15) is 5.82 Å².